The number of benzene rings is 1. The molecule has 8 nitrogen and oxygen atoms in total. The van der Waals surface area contributed by atoms with Crippen LogP contribution in [0.25, 0.3) is 11.3 Å². The first-order chi connectivity index (χ1) is 13.0. The zero-order valence-corrected chi connectivity index (χ0v) is 15.1. The van der Waals surface area contributed by atoms with Crippen LogP contribution in [0.15, 0.2) is 36.7 Å². The van der Waals surface area contributed by atoms with Gasteiger partial charge in [-0.15, -0.1) is 0 Å². The van der Waals surface area contributed by atoms with Gasteiger partial charge in [0.25, 0.3) is 0 Å². The van der Waals surface area contributed by atoms with Gasteiger partial charge < -0.3 is 15.7 Å². The summed E-state index contributed by atoms with van der Waals surface area (Å²) >= 11 is 0. The first-order valence-corrected chi connectivity index (χ1v) is 8.56. The molecule has 4 rings (SSSR count). The molecule has 0 fully saturated rings. The topological polar surface area (TPSA) is 112 Å². The van der Waals surface area contributed by atoms with E-state index in [-0.39, 0.29) is 6.61 Å². The first-order valence-electron chi connectivity index (χ1n) is 8.56. The first kappa shape index (κ1) is 17.0. The van der Waals surface area contributed by atoms with Gasteiger partial charge in [0.05, 0.1) is 23.6 Å². The number of nitrogens with zero attached hydrogens (tertiary/aromatic N) is 5. The molecule has 0 bridgehead atoms. The van der Waals surface area contributed by atoms with Crippen molar-refractivity contribution in [3.8, 4) is 17.3 Å². The maximum atomic E-state index is 9.84. The summed E-state index contributed by atoms with van der Waals surface area (Å²) in [5.41, 5.74) is 3.32. The van der Waals surface area contributed by atoms with Crippen molar-refractivity contribution >= 4 is 17.5 Å². The van der Waals surface area contributed by atoms with Crippen molar-refractivity contribution < 1.29 is 5.11 Å². The van der Waals surface area contributed by atoms with Crippen LogP contribution in [0.5, 0.6) is 0 Å². The lowest BCUT2D eigenvalue weighted by atomic mass is 9.83. The molecule has 2 aromatic heterocycles. The largest absolute Gasteiger partial charge is 0.395 e. The van der Waals surface area contributed by atoms with Crippen molar-refractivity contribution in [3.63, 3.8) is 0 Å². The fourth-order valence-corrected chi connectivity index (χ4v) is 3.24. The van der Waals surface area contributed by atoms with E-state index >= 15 is 0 Å². The molecule has 0 radical (unpaired) electrons. The zero-order chi connectivity index (χ0) is 19.0. The summed E-state index contributed by atoms with van der Waals surface area (Å²) in [7, 11) is 1.84. The normalized spacial score (nSPS) is 17.9. The number of aryl methyl sites for hydroxylation is 1. The summed E-state index contributed by atoms with van der Waals surface area (Å²) in [6.07, 6.45) is 3.49. The number of rotatable bonds is 4. The summed E-state index contributed by atoms with van der Waals surface area (Å²) in [4.78, 5) is 8.80. The summed E-state index contributed by atoms with van der Waals surface area (Å²) < 4.78 is 1.69. The summed E-state index contributed by atoms with van der Waals surface area (Å²) in [5.74, 6) is 1.08. The van der Waals surface area contributed by atoms with E-state index in [4.69, 9.17) is 0 Å². The summed E-state index contributed by atoms with van der Waals surface area (Å²) in [6, 6.07) is 9.66. The Morgan fingerprint density at radius 3 is 2.96 bits per heavy atom. The van der Waals surface area contributed by atoms with Crippen LogP contribution in [0.2, 0.25) is 0 Å². The molecule has 0 aliphatic carbocycles. The minimum absolute atomic E-state index is 0.00240. The van der Waals surface area contributed by atoms with Gasteiger partial charge in [-0.1, -0.05) is 6.92 Å². The van der Waals surface area contributed by atoms with Crippen LogP contribution in [0.4, 0.5) is 17.5 Å². The quantitative estimate of drug-likeness (QED) is 0.653. The summed E-state index contributed by atoms with van der Waals surface area (Å²) in [5, 5.41) is 30.0. The maximum absolute atomic E-state index is 9.84. The van der Waals surface area contributed by atoms with Gasteiger partial charge in [0.2, 0.25) is 5.95 Å². The number of aliphatic hydroxyl groups excluding tert-OH is 1. The number of nitrogens with one attached hydrogen (secondary N) is 2. The molecule has 1 aromatic carbocycles. The lowest BCUT2D eigenvalue weighted by molar-refractivity contribution is 0.219. The molecule has 0 saturated carbocycles. The molecule has 0 spiro atoms. The number of hydrogen-bond donors (Lipinski definition) is 3. The van der Waals surface area contributed by atoms with Gasteiger partial charge in [-0.05, 0) is 23.8 Å². The van der Waals surface area contributed by atoms with E-state index in [9.17, 15) is 10.4 Å². The van der Waals surface area contributed by atoms with Crippen LogP contribution >= 0.6 is 0 Å². The highest BCUT2D eigenvalue weighted by molar-refractivity contribution is 5.76. The Morgan fingerprint density at radius 2 is 2.26 bits per heavy atom. The van der Waals surface area contributed by atoms with Crippen LogP contribution in [-0.2, 0) is 12.5 Å². The van der Waals surface area contributed by atoms with Crippen molar-refractivity contribution in [2.75, 3.05) is 23.8 Å². The lowest BCUT2D eigenvalue weighted by Crippen LogP contribution is -2.28. The SMILES string of the molecule is Cn1ccc(Nc2nccc(-c3cc(C#N)c4c(c3)C(C)(CO)CN4)n2)n1. The third-order valence-electron chi connectivity index (χ3n) is 4.82. The van der Waals surface area contributed by atoms with Crippen LogP contribution < -0.4 is 10.6 Å². The van der Waals surface area contributed by atoms with Gasteiger partial charge in [0.1, 0.15) is 6.07 Å². The number of anilines is 3. The van der Waals surface area contributed by atoms with Gasteiger partial charge in [0, 0.05) is 43.0 Å². The Labute approximate surface area is 156 Å². The second-order valence-corrected chi connectivity index (χ2v) is 6.90. The van der Waals surface area contributed by atoms with Gasteiger partial charge in [0.15, 0.2) is 5.82 Å². The third-order valence-corrected chi connectivity index (χ3v) is 4.82. The predicted octanol–water partition coefficient (Wildman–Crippen LogP) is 2.17. The van der Waals surface area contributed by atoms with Crippen molar-refractivity contribution in [3.05, 3.63) is 47.8 Å². The molecule has 27 heavy (non-hydrogen) atoms. The van der Waals surface area contributed by atoms with Crippen molar-refractivity contribution in [1.29, 1.82) is 5.26 Å². The smallest absolute Gasteiger partial charge is 0.228 e. The molecule has 3 N–H and O–H groups in total. The standard InChI is InChI=1S/C19H19N7O/c1-19(11-27)10-22-17-13(9-20)7-12(8-14(17)19)15-3-5-21-18(23-15)24-16-4-6-26(2)25-16/h3-8,22,27H,10-11H2,1-2H3,(H,21,23,24,25). The Morgan fingerprint density at radius 1 is 1.41 bits per heavy atom. The minimum Gasteiger partial charge on any atom is -0.395 e. The average molecular weight is 361 g/mol. The Bertz CT molecular complexity index is 1050. The number of aliphatic hydroxyl groups is 1. The molecular formula is C19H19N7O. The molecule has 3 heterocycles. The predicted molar refractivity (Wildman–Crippen MR) is 102 cm³/mol. The second kappa shape index (κ2) is 6.37. The van der Waals surface area contributed by atoms with Crippen molar-refractivity contribution in [1.82, 2.24) is 19.7 Å². The van der Waals surface area contributed by atoms with Crippen molar-refractivity contribution in [2.45, 2.75) is 12.3 Å². The van der Waals surface area contributed by atoms with E-state index in [0.717, 1.165) is 16.8 Å². The molecule has 1 unspecified atom stereocenters. The van der Waals surface area contributed by atoms with E-state index in [1.54, 1.807) is 16.9 Å². The van der Waals surface area contributed by atoms with Crippen molar-refractivity contribution in [2.24, 2.45) is 7.05 Å². The van der Waals surface area contributed by atoms with Gasteiger partial charge in [-0.25, -0.2) is 9.97 Å². The Kier molecular flexibility index (Phi) is 4.01. The second-order valence-electron chi connectivity index (χ2n) is 6.90. The number of hydrogen-bond acceptors (Lipinski definition) is 7. The van der Waals surface area contributed by atoms with Gasteiger partial charge in [-0.3, -0.25) is 4.68 Å². The van der Waals surface area contributed by atoms with E-state index in [1.807, 2.05) is 38.4 Å². The van der Waals surface area contributed by atoms with Crippen LogP contribution in [0.1, 0.15) is 18.1 Å². The average Bonchev–Trinajstić information content (AvgIpc) is 3.25. The van der Waals surface area contributed by atoms with Gasteiger partial charge >= 0.3 is 0 Å². The monoisotopic (exact) mass is 361 g/mol. The molecule has 1 aliphatic rings. The number of fused-ring (bicyclic) bond motifs is 1. The Hall–Kier alpha value is -3.44. The van der Waals surface area contributed by atoms with E-state index in [2.05, 4.69) is 31.8 Å². The summed E-state index contributed by atoms with van der Waals surface area (Å²) in [6.45, 7) is 2.57. The number of nitriles is 1. The molecule has 8 heteroatoms. The fourth-order valence-electron chi connectivity index (χ4n) is 3.24. The van der Waals surface area contributed by atoms with Crippen LogP contribution in [-0.4, -0.2) is 38.0 Å². The third kappa shape index (κ3) is 2.98. The van der Waals surface area contributed by atoms with E-state index in [1.165, 1.54) is 0 Å². The van der Waals surface area contributed by atoms with E-state index < -0.39 is 5.41 Å². The van der Waals surface area contributed by atoms with Crippen LogP contribution in [0, 0.1) is 11.3 Å². The molecule has 1 aliphatic heterocycles. The highest BCUT2D eigenvalue weighted by Gasteiger charge is 2.35. The molecule has 3 aromatic rings. The Balaban J connectivity index is 1.75. The molecule has 136 valence electrons. The van der Waals surface area contributed by atoms with Crippen LogP contribution in [0.3, 0.4) is 0 Å². The maximum Gasteiger partial charge on any atom is 0.228 e. The highest BCUT2D eigenvalue weighted by Crippen LogP contribution is 2.41. The molecular weight excluding hydrogens is 342 g/mol. The minimum atomic E-state index is -0.432. The highest BCUT2D eigenvalue weighted by atomic mass is 16.3. The fraction of sp³-hybridized carbons (Fsp3) is 0.263. The molecule has 0 amide bonds. The van der Waals surface area contributed by atoms with E-state index in [0.29, 0.717) is 29.6 Å². The zero-order valence-electron chi connectivity index (χ0n) is 15.1. The number of aromatic nitrogens is 4. The lowest BCUT2D eigenvalue weighted by Gasteiger charge is -2.21. The molecule has 1 atom stereocenters. The van der Waals surface area contributed by atoms with Gasteiger partial charge in [-0.2, -0.15) is 10.4 Å². The molecule has 0 saturated heterocycles.